The van der Waals surface area contributed by atoms with Crippen molar-refractivity contribution in [1.82, 2.24) is 4.90 Å². The molecule has 2 rings (SSSR count). The molecule has 0 spiro atoms. The third kappa shape index (κ3) is 3.13. The van der Waals surface area contributed by atoms with Crippen LogP contribution in [0.1, 0.15) is 25.8 Å². The first-order valence-corrected chi connectivity index (χ1v) is 7.41. The van der Waals surface area contributed by atoms with Gasteiger partial charge in [-0.05, 0) is 67.5 Å². The average Bonchev–Trinajstić information content (AvgIpc) is 2.73. The van der Waals surface area contributed by atoms with Crippen LogP contribution in [0, 0.1) is 10.5 Å². The molecule has 1 fully saturated rings. The molecule has 1 aliphatic heterocycles. The molecule has 1 aliphatic rings. The van der Waals surface area contributed by atoms with Gasteiger partial charge in [-0.2, -0.15) is 0 Å². The zero-order valence-electron chi connectivity index (χ0n) is 10.8. The first kappa shape index (κ1) is 13.1. The summed E-state index contributed by atoms with van der Waals surface area (Å²) in [7, 11) is 0. The molecule has 0 aliphatic carbocycles. The molecule has 1 atom stereocenters. The summed E-state index contributed by atoms with van der Waals surface area (Å²) in [4.78, 5) is 2.54. The van der Waals surface area contributed by atoms with Gasteiger partial charge in [-0.25, -0.2) is 0 Å². The average molecular weight is 344 g/mol. The number of hydrogen-bond donors (Lipinski definition) is 1. The zero-order chi connectivity index (χ0) is 12.4. The highest BCUT2D eigenvalue weighted by atomic mass is 127. The van der Waals surface area contributed by atoms with Crippen molar-refractivity contribution in [3.8, 4) is 0 Å². The summed E-state index contributed by atoms with van der Waals surface area (Å²) < 4.78 is 1.34. The molecular weight excluding hydrogens is 323 g/mol. The summed E-state index contributed by atoms with van der Waals surface area (Å²) >= 11 is 2.40. The van der Waals surface area contributed by atoms with Crippen molar-refractivity contribution in [1.29, 1.82) is 0 Å². The molecular formula is C14H21IN2. The third-order valence-corrected chi connectivity index (χ3v) is 4.75. The van der Waals surface area contributed by atoms with Gasteiger partial charge >= 0.3 is 0 Å². The van der Waals surface area contributed by atoms with Gasteiger partial charge in [0.1, 0.15) is 0 Å². The number of benzene rings is 1. The lowest BCUT2D eigenvalue weighted by Gasteiger charge is -2.21. The molecule has 1 N–H and O–H groups in total. The van der Waals surface area contributed by atoms with Crippen molar-refractivity contribution in [3.05, 3.63) is 27.3 Å². The number of nitrogens with zero attached hydrogens (tertiary/aromatic N) is 1. The largest absolute Gasteiger partial charge is 0.381 e. The topological polar surface area (TPSA) is 15.3 Å². The molecule has 0 radical (unpaired) electrons. The van der Waals surface area contributed by atoms with Crippen molar-refractivity contribution in [2.45, 2.75) is 39.3 Å². The Morgan fingerprint density at radius 1 is 1.41 bits per heavy atom. The Morgan fingerprint density at radius 2 is 2.18 bits per heavy atom. The van der Waals surface area contributed by atoms with E-state index in [-0.39, 0.29) is 0 Å². The maximum atomic E-state index is 3.69. The van der Waals surface area contributed by atoms with Crippen LogP contribution in [0.5, 0.6) is 0 Å². The maximum Gasteiger partial charge on any atom is 0.0400 e. The van der Waals surface area contributed by atoms with Crippen LogP contribution in [0.15, 0.2) is 18.2 Å². The van der Waals surface area contributed by atoms with Gasteiger partial charge in [0.2, 0.25) is 0 Å². The highest BCUT2D eigenvalue weighted by Crippen LogP contribution is 2.23. The minimum atomic E-state index is 0.606. The monoisotopic (exact) mass is 344 g/mol. The minimum Gasteiger partial charge on any atom is -0.381 e. The lowest BCUT2D eigenvalue weighted by molar-refractivity contribution is 0.274. The van der Waals surface area contributed by atoms with E-state index in [0.717, 1.165) is 0 Å². The summed E-state index contributed by atoms with van der Waals surface area (Å²) in [5, 5.41) is 3.69. The second-order valence-electron chi connectivity index (χ2n) is 5.13. The lowest BCUT2D eigenvalue weighted by atomic mass is 10.1. The summed E-state index contributed by atoms with van der Waals surface area (Å²) in [5.74, 6) is 0. The predicted molar refractivity (Wildman–Crippen MR) is 82.6 cm³/mol. The van der Waals surface area contributed by atoms with E-state index in [4.69, 9.17) is 0 Å². The van der Waals surface area contributed by atoms with Crippen LogP contribution in [-0.2, 0) is 0 Å². The van der Waals surface area contributed by atoms with Gasteiger partial charge in [0.15, 0.2) is 0 Å². The fraction of sp³-hybridized carbons (Fsp3) is 0.571. The van der Waals surface area contributed by atoms with Crippen LogP contribution in [-0.4, -0.2) is 30.1 Å². The number of rotatable bonds is 3. The third-order valence-electron chi connectivity index (χ3n) is 3.58. The SMILES string of the molecule is Cc1c(I)cccc1NC1CCN(C(C)C)C1. The van der Waals surface area contributed by atoms with Gasteiger partial charge in [0, 0.05) is 34.4 Å². The van der Waals surface area contributed by atoms with Crippen LogP contribution >= 0.6 is 22.6 Å². The van der Waals surface area contributed by atoms with Crippen molar-refractivity contribution in [2.24, 2.45) is 0 Å². The lowest BCUT2D eigenvalue weighted by Crippen LogP contribution is -2.31. The van der Waals surface area contributed by atoms with Crippen molar-refractivity contribution >= 4 is 28.3 Å². The smallest absolute Gasteiger partial charge is 0.0400 e. The summed E-state index contributed by atoms with van der Waals surface area (Å²) in [6, 6.07) is 7.76. The molecule has 1 aromatic rings. The van der Waals surface area contributed by atoms with E-state index in [2.05, 4.69) is 71.8 Å². The van der Waals surface area contributed by atoms with E-state index >= 15 is 0 Å². The van der Waals surface area contributed by atoms with E-state index in [1.165, 1.54) is 34.3 Å². The summed E-state index contributed by atoms with van der Waals surface area (Å²) in [6.07, 6.45) is 1.25. The summed E-state index contributed by atoms with van der Waals surface area (Å²) in [5.41, 5.74) is 2.67. The van der Waals surface area contributed by atoms with Gasteiger partial charge in [-0.15, -0.1) is 0 Å². The molecule has 94 valence electrons. The van der Waals surface area contributed by atoms with Crippen molar-refractivity contribution in [2.75, 3.05) is 18.4 Å². The van der Waals surface area contributed by atoms with Gasteiger partial charge in [-0.1, -0.05) is 6.07 Å². The Hall–Kier alpha value is -0.290. The van der Waals surface area contributed by atoms with Gasteiger partial charge in [-0.3, -0.25) is 4.90 Å². The molecule has 0 amide bonds. The second-order valence-corrected chi connectivity index (χ2v) is 6.29. The van der Waals surface area contributed by atoms with Crippen LogP contribution in [0.2, 0.25) is 0 Å². The maximum absolute atomic E-state index is 3.69. The van der Waals surface area contributed by atoms with E-state index in [9.17, 15) is 0 Å². The van der Waals surface area contributed by atoms with E-state index in [0.29, 0.717) is 12.1 Å². The first-order chi connectivity index (χ1) is 8.08. The van der Waals surface area contributed by atoms with E-state index in [1.54, 1.807) is 0 Å². The fourth-order valence-corrected chi connectivity index (χ4v) is 2.86. The van der Waals surface area contributed by atoms with Crippen LogP contribution in [0.3, 0.4) is 0 Å². The Kier molecular flexibility index (Phi) is 4.31. The number of hydrogen-bond acceptors (Lipinski definition) is 2. The highest BCUT2D eigenvalue weighted by Gasteiger charge is 2.24. The molecule has 17 heavy (non-hydrogen) atoms. The number of anilines is 1. The first-order valence-electron chi connectivity index (χ1n) is 6.33. The normalized spacial score (nSPS) is 21.1. The Labute approximate surface area is 118 Å². The Bertz CT molecular complexity index is 390. The minimum absolute atomic E-state index is 0.606. The van der Waals surface area contributed by atoms with Crippen molar-refractivity contribution in [3.63, 3.8) is 0 Å². The molecule has 0 bridgehead atoms. The molecule has 1 unspecified atom stereocenters. The summed E-state index contributed by atoms with van der Waals surface area (Å²) in [6.45, 7) is 9.14. The van der Waals surface area contributed by atoms with Gasteiger partial charge < -0.3 is 5.32 Å². The zero-order valence-corrected chi connectivity index (χ0v) is 13.0. The number of halogens is 1. The molecule has 0 aromatic heterocycles. The molecule has 3 heteroatoms. The van der Waals surface area contributed by atoms with E-state index < -0.39 is 0 Å². The van der Waals surface area contributed by atoms with Gasteiger partial charge in [0.25, 0.3) is 0 Å². The molecule has 1 saturated heterocycles. The molecule has 0 saturated carbocycles. The van der Waals surface area contributed by atoms with Crippen LogP contribution in [0.4, 0.5) is 5.69 Å². The molecule has 2 nitrogen and oxygen atoms in total. The van der Waals surface area contributed by atoms with Crippen LogP contribution in [0.25, 0.3) is 0 Å². The quantitative estimate of drug-likeness (QED) is 0.845. The fourth-order valence-electron chi connectivity index (χ4n) is 2.36. The molecule has 1 heterocycles. The standard InChI is InChI=1S/C14H21IN2/c1-10(2)17-8-7-12(9-17)16-14-6-4-5-13(15)11(14)3/h4-6,10,12,16H,7-9H2,1-3H3. The van der Waals surface area contributed by atoms with Crippen molar-refractivity contribution < 1.29 is 0 Å². The van der Waals surface area contributed by atoms with E-state index in [1.807, 2.05) is 0 Å². The second kappa shape index (κ2) is 5.57. The Morgan fingerprint density at radius 3 is 2.82 bits per heavy atom. The van der Waals surface area contributed by atoms with Gasteiger partial charge in [0.05, 0.1) is 0 Å². The Balaban J connectivity index is 2.00. The predicted octanol–water partition coefficient (Wildman–Crippen LogP) is 3.49. The highest BCUT2D eigenvalue weighted by molar-refractivity contribution is 14.1. The number of nitrogens with one attached hydrogen (secondary N) is 1. The molecule has 1 aromatic carbocycles. The number of likely N-dealkylation sites (tertiary alicyclic amines) is 1. The van der Waals surface area contributed by atoms with Crippen LogP contribution < -0.4 is 5.32 Å².